The second-order valence-electron chi connectivity index (χ2n) is 9.65. The molecule has 0 spiro atoms. The van der Waals surface area contributed by atoms with Crippen LogP contribution in [0.1, 0.15) is 75.9 Å². The molecule has 0 unspecified atom stereocenters. The van der Waals surface area contributed by atoms with Crippen LogP contribution in [0.4, 0.5) is 5.82 Å². The van der Waals surface area contributed by atoms with Crippen molar-refractivity contribution >= 4 is 34.4 Å². The van der Waals surface area contributed by atoms with Gasteiger partial charge in [0.2, 0.25) is 0 Å². The number of carboxylic acids is 1. The molecular weight excluding hydrogens is 478 g/mol. The van der Waals surface area contributed by atoms with E-state index in [1.165, 1.54) is 6.08 Å². The van der Waals surface area contributed by atoms with Crippen molar-refractivity contribution in [2.45, 2.75) is 77.9 Å². The third-order valence-electron chi connectivity index (χ3n) is 6.40. The Hall–Kier alpha value is -3.13. The number of rotatable bonds is 9. The first-order valence-corrected chi connectivity index (χ1v) is 13.0. The number of anilines is 1. The van der Waals surface area contributed by atoms with Crippen LogP contribution in [-0.4, -0.2) is 36.9 Å². The third kappa shape index (κ3) is 5.98. The zero-order valence-electron chi connectivity index (χ0n) is 21.3. The number of halogens is 1. The van der Waals surface area contributed by atoms with E-state index >= 15 is 0 Å². The molecule has 3 aromatic rings. The summed E-state index contributed by atoms with van der Waals surface area (Å²) in [5.74, 6) is 1.52. The fraction of sp³-hybridized carbons (Fsp3) is 0.481. The van der Waals surface area contributed by atoms with Gasteiger partial charge in [-0.05, 0) is 63.6 Å². The van der Waals surface area contributed by atoms with E-state index in [-0.39, 0.29) is 12.0 Å². The number of nitrogens with zero attached hydrogens (tertiary/aromatic N) is 4. The lowest BCUT2D eigenvalue weighted by Gasteiger charge is -2.23. The molecule has 0 aliphatic heterocycles. The summed E-state index contributed by atoms with van der Waals surface area (Å²) in [6.07, 6.45) is 6.38. The number of hydrogen-bond donors (Lipinski definition) is 2. The van der Waals surface area contributed by atoms with Crippen molar-refractivity contribution in [1.29, 1.82) is 0 Å². The average molecular weight is 512 g/mol. The van der Waals surface area contributed by atoms with Crippen molar-refractivity contribution in [2.24, 2.45) is 7.05 Å². The smallest absolute Gasteiger partial charge is 0.328 e. The molecule has 4 rings (SSSR count). The van der Waals surface area contributed by atoms with Gasteiger partial charge in [0, 0.05) is 25.6 Å². The van der Waals surface area contributed by atoms with E-state index in [0.717, 1.165) is 78.0 Å². The number of nitrogens with one attached hydrogen (secondary N) is 1. The molecular formula is C27H34ClN5O3. The molecule has 2 aromatic heterocycles. The first-order chi connectivity index (χ1) is 17.2. The molecule has 1 aromatic carbocycles. The highest BCUT2D eigenvalue weighted by Crippen LogP contribution is 2.36. The number of carboxylic acid groups (broad SMARTS) is 1. The molecule has 2 heterocycles. The predicted molar refractivity (Wildman–Crippen MR) is 142 cm³/mol. The monoisotopic (exact) mass is 511 g/mol. The van der Waals surface area contributed by atoms with Crippen molar-refractivity contribution in [3.8, 4) is 5.75 Å². The summed E-state index contributed by atoms with van der Waals surface area (Å²) in [7, 11) is 1.92. The zero-order chi connectivity index (χ0) is 25.8. The second-order valence-corrected chi connectivity index (χ2v) is 10.1. The van der Waals surface area contributed by atoms with Crippen LogP contribution in [0, 0.1) is 0 Å². The van der Waals surface area contributed by atoms with Crippen LogP contribution in [0.2, 0.25) is 5.02 Å². The molecule has 9 heteroatoms. The van der Waals surface area contributed by atoms with Crippen LogP contribution in [0.15, 0.2) is 29.8 Å². The molecule has 192 valence electrons. The molecule has 8 nitrogen and oxygen atoms in total. The number of aryl methyl sites for hydroxylation is 2. The van der Waals surface area contributed by atoms with Gasteiger partial charge in [0.25, 0.3) is 0 Å². The lowest BCUT2D eigenvalue weighted by Crippen LogP contribution is -2.13. The Balaban J connectivity index is 1.63. The molecule has 0 atom stereocenters. The first kappa shape index (κ1) is 25.9. The van der Waals surface area contributed by atoms with Crippen LogP contribution in [0.25, 0.3) is 11.0 Å². The summed E-state index contributed by atoms with van der Waals surface area (Å²) in [5.41, 5.74) is 4.74. The molecule has 1 saturated carbocycles. The maximum atomic E-state index is 11.1. The van der Waals surface area contributed by atoms with E-state index in [4.69, 9.17) is 36.5 Å². The Morgan fingerprint density at radius 3 is 2.69 bits per heavy atom. The van der Waals surface area contributed by atoms with Gasteiger partial charge in [-0.1, -0.05) is 36.6 Å². The van der Waals surface area contributed by atoms with Crippen LogP contribution >= 0.6 is 11.6 Å². The van der Waals surface area contributed by atoms with E-state index in [1.807, 2.05) is 43.8 Å². The zero-order valence-corrected chi connectivity index (χ0v) is 22.1. The quantitative estimate of drug-likeness (QED) is 0.338. The minimum Gasteiger partial charge on any atom is -0.489 e. The van der Waals surface area contributed by atoms with E-state index in [2.05, 4.69) is 12.2 Å². The summed E-state index contributed by atoms with van der Waals surface area (Å²) in [4.78, 5) is 21.0. The standard InChI is InChI=1S/C27H34ClN5O3/c1-5-6-21-24-25(33(4)32-21)27(29-15-18-9-12-22(20(28)13-18)36-16(2)3)31-26(30-24)19-10-7-17(8-11-19)14-23(34)35/h9,12-14,16,19H,5-8,10-11,15H2,1-4H3,(H,34,35)(H,29,30,31). The Labute approximate surface area is 216 Å². The SMILES string of the molecule is CCCc1nn(C)c2c(NCc3ccc(OC(C)C)c(Cl)c3)nc(C3CCC(=CC(=O)O)CC3)nc12. The van der Waals surface area contributed by atoms with Gasteiger partial charge < -0.3 is 15.2 Å². The van der Waals surface area contributed by atoms with Crippen LogP contribution in [0.3, 0.4) is 0 Å². The fourth-order valence-corrected chi connectivity index (χ4v) is 4.97. The van der Waals surface area contributed by atoms with Crippen LogP contribution in [0.5, 0.6) is 5.75 Å². The van der Waals surface area contributed by atoms with Crippen molar-refractivity contribution < 1.29 is 14.6 Å². The van der Waals surface area contributed by atoms with Crippen LogP contribution in [-0.2, 0) is 24.8 Å². The Bertz CT molecular complexity index is 1270. The number of allylic oxidation sites excluding steroid dienone is 1. The molecule has 1 fully saturated rings. The topological polar surface area (TPSA) is 102 Å². The van der Waals surface area contributed by atoms with Crippen molar-refractivity contribution in [1.82, 2.24) is 19.7 Å². The van der Waals surface area contributed by atoms with Crippen molar-refractivity contribution in [2.75, 3.05) is 5.32 Å². The fourth-order valence-electron chi connectivity index (χ4n) is 4.72. The average Bonchev–Trinajstić information content (AvgIpc) is 3.14. The lowest BCUT2D eigenvalue weighted by atomic mass is 9.85. The first-order valence-electron chi connectivity index (χ1n) is 12.6. The highest BCUT2D eigenvalue weighted by Gasteiger charge is 2.25. The number of aliphatic carboxylic acids is 1. The minimum atomic E-state index is -0.879. The summed E-state index contributed by atoms with van der Waals surface area (Å²) in [6.45, 7) is 6.62. The van der Waals surface area contributed by atoms with Gasteiger partial charge in [-0.15, -0.1) is 0 Å². The number of ether oxygens (including phenoxy) is 1. The molecule has 0 amide bonds. The summed E-state index contributed by atoms with van der Waals surface area (Å²) in [5, 5.41) is 17.9. The van der Waals surface area contributed by atoms with Crippen molar-refractivity contribution in [3.05, 3.63) is 52.0 Å². The summed E-state index contributed by atoms with van der Waals surface area (Å²) < 4.78 is 7.61. The number of benzene rings is 1. The van der Waals surface area contributed by atoms with E-state index in [9.17, 15) is 4.79 Å². The maximum absolute atomic E-state index is 11.1. The van der Waals surface area contributed by atoms with E-state index < -0.39 is 5.97 Å². The number of aromatic nitrogens is 4. The highest BCUT2D eigenvalue weighted by atomic mass is 35.5. The Morgan fingerprint density at radius 2 is 2.06 bits per heavy atom. The molecule has 0 bridgehead atoms. The molecule has 0 radical (unpaired) electrons. The molecule has 1 aliphatic carbocycles. The highest BCUT2D eigenvalue weighted by molar-refractivity contribution is 6.32. The molecule has 1 aliphatic rings. The molecule has 0 saturated heterocycles. The maximum Gasteiger partial charge on any atom is 0.328 e. The van der Waals surface area contributed by atoms with Gasteiger partial charge in [-0.3, -0.25) is 4.68 Å². The van der Waals surface area contributed by atoms with E-state index in [1.54, 1.807) is 0 Å². The molecule has 36 heavy (non-hydrogen) atoms. The molecule has 2 N–H and O–H groups in total. The number of hydrogen-bond acceptors (Lipinski definition) is 6. The Morgan fingerprint density at radius 1 is 1.31 bits per heavy atom. The lowest BCUT2D eigenvalue weighted by molar-refractivity contribution is -0.131. The van der Waals surface area contributed by atoms with Crippen LogP contribution < -0.4 is 10.1 Å². The van der Waals surface area contributed by atoms with Gasteiger partial charge >= 0.3 is 5.97 Å². The van der Waals surface area contributed by atoms with Gasteiger partial charge in [-0.2, -0.15) is 5.10 Å². The van der Waals surface area contributed by atoms with Gasteiger partial charge in [-0.25, -0.2) is 14.8 Å². The Kier molecular flexibility index (Phi) is 8.14. The number of fused-ring (bicyclic) bond motifs is 1. The van der Waals surface area contributed by atoms with Crippen molar-refractivity contribution in [3.63, 3.8) is 0 Å². The van der Waals surface area contributed by atoms with E-state index in [0.29, 0.717) is 17.3 Å². The third-order valence-corrected chi connectivity index (χ3v) is 6.69. The minimum absolute atomic E-state index is 0.0526. The second kappa shape index (κ2) is 11.3. The van der Waals surface area contributed by atoms with Gasteiger partial charge in [0.05, 0.1) is 16.8 Å². The summed E-state index contributed by atoms with van der Waals surface area (Å²) in [6, 6.07) is 5.81. The largest absolute Gasteiger partial charge is 0.489 e. The summed E-state index contributed by atoms with van der Waals surface area (Å²) >= 11 is 6.45. The van der Waals surface area contributed by atoms with Gasteiger partial charge in [0.1, 0.15) is 22.6 Å². The van der Waals surface area contributed by atoms with Gasteiger partial charge in [0.15, 0.2) is 5.82 Å². The number of carbonyl (C=O) groups is 1. The normalized spacial score (nSPS) is 15.9. The predicted octanol–water partition coefficient (Wildman–Crippen LogP) is 6.04.